The third-order valence-electron chi connectivity index (χ3n) is 1.95. The molecule has 0 amide bonds. The molecule has 0 saturated carbocycles. The fourth-order valence-corrected chi connectivity index (χ4v) is 1.29. The molecule has 2 heterocycles. The van der Waals surface area contributed by atoms with E-state index in [-0.39, 0.29) is 0 Å². The van der Waals surface area contributed by atoms with E-state index in [1.165, 1.54) is 6.33 Å². The van der Waals surface area contributed by atoms with Gasteiger partial charge in [-0.15, -0.1) is 0 Å². The minimum Gasteiger partial charge on any atom is -0.423 e. The summed E-state index contributed by atoms with van der Waals surface area (Å²) in [4.78, 5) is 11.8. The highest BCUT2D eigenvalue weighted by Gasteiger charge is 2.17. The Balaban J connectivity index is 2.53. The first-order valence-electron chi connectivity index (χ1n) is 4.35. The first-order valence-corrected chi connectivity index (χ1v) is 4.35. The van der Waals surface area contributed by atoms with Crippen LogP contribution in [0.25, 0.3) is 11.3 Å². The van der Waals surface area contributed by atoms with E-state index in [1.54, 1.807) is 30.7 Å². The number of hydrogen-bond donors (Lipinski definition) is 2. The van der Waals surface area contributed by atoms with Crippen molar-refractivity contribution in [2.24, 2.45) is 0 Å². The van der Waals surface area contributed by atoms with E-state index in [0.717, 1.165) is 0 Å². The molecule has 0 bridgehead atoms. The Morgan fingerprint density at radius 2 is 1.87 bits per heavy atom. The van der Waals surface area contributed by atoms with Crippen LogP contribution in [0.5, 0.6) is 0 Å². The molecule has 6 heteroatoms. The number of pyridine rings is 1. The van der Waals surface area contributed by atoms with Crippen LogP contribution in [-0.2, 0) is 0 Å². The topological polar surface area (TPSA) is 79.1 Å². The Bertz CT molecular complexity index is 450. The van der Waals surface area contributed by atoms with Crippen LogP contribution in [-0.4, -0.2) is 32.1 Å². The van der Waals surface area contributed by atoms with E-state index in [0.29, 0.717) is 16.7 Å². The van der Waals surface area contributed by atoms with E-state index in [9.17, 15) is 0 Å². The molecule has 2 aromatic rings. The largest absolute Gasteiger partial charge is 0.490 e. The highest BCUT2D eigenvalue weighted by molar-refractivity contribution is 6.60. The molecule has 0 aliphatic rings. The van der Waals surface area contributed by atoms with Gasteiger partial charge in [0.05, 0.1) is 5.69 Å². The molecule has 2 rings (SSSR count). The van der Waals surface area contributed by atoms with Gasteiger partial charge in [0, 0.05) is 29.6 Å². The van der Waals surface area contributed by atoms with Crippen LogP contribution in [0.1, 0.15) is 0 Å². The van der Waals surface area contributed by atoms with Crippen molar-refractivity contribution in [2.45, 2.75) is 0 Å². The number of rotatable bonds is 2. The summed E-state index contributed by atoms with van der Waals surface area (Å²) in [5.41, 5.74) is 1.47. The maximum absolute atomic E-state index is 9.14. The second-order valence-electron chi connectivity index (χ2n) is 2.94. The predicted molar refractivity (Wildman–Crippen MR) is 55.1 cm³/mol. The van der Waals surface area contributed by atoms with E-state index in [4.69, 9.17) is 10.0 Å². The van der Waals surface area contributed by atoms with Crippen LogP contribution >= 0.6 is 0 Å². The lowest BCUT2D eigenvalue weighted by Gasteiger charge is -2.05. The van der Waals surface area contributed by atoms with Crippen molar-refractivity contribution in [1.82, 2.24) is 15.0 Å². The van der Waals surface area contributed by atoms with Crippen molar-refractivity contribution in [3.8, 4) is 11.3 Å². The monoisotopic (exact) mass is 201 g/mol. The molecule has 0 radical (unpaired) electrons. The third kappa shape index (κ3) is 2.00. The molecule has 5 nitrogen and oxygen atoms in total. The highest BCUT2D eigenvalue weighted by atomic mass is 16.4. The maximum Gasteiger partial charge on any atom is 0.490 e. The van der Waals surface area contributed by atoms with Crippen molar-refractivity contribution in [1.29, 1.82) is 0 Å². The summed E-state index contributed by atoms with van der Waals surface area (Å²) in [6.07, 6.45) is 6.12. The average molecular weight is 201 g/mol. The average Bonchev–Trinajstić information content (AvgIpc) is 2.30. The van der Waals surface area contributed by atoms with Crippen LogP contribution in [0.4, 0.5) is 0 Å². The Kier molecular flexibility index (Phi) is 2.71. The number of aromatic nitrogens is 3. The zero-order chi connectivity index (χ0) is 10.7. The lowest BCUT2D eigenvalue weighted by molar-refractivity contribution is 0.426. The van der Waals surface area contributed by atoms with Gasteiger partial charge in [-0.2, -0.15) is 0 Å². The van der Waals surface area contributed by atoms with Gasteiger partial charge in [-0.3, -0.25) is 4.98 Å². The lowest BCUT2D eigenvalue weighted by atomic mass is 9.78. The van der Waals surface area contributed by atoms with Crippen molar-refractivity contribution < 1.29 is 10.0 Å². The van der Waals surface area contributed by atoms with Gasteiger partial charge in [-0.1, -0.05) is 6.07 Å². The first kappa shape index (κ1) is 9.76. The predicted octanol–water partition coefficient (Wildman–Crippen LogP) is -0.782. The second-order valence-corrected chi connectivity index (χ2v) is 2.94. The normalized spacial score (nSPS) is 10.0. The summed E-state index contributed by atoms with van der Waals surface area (Å²) in [5, 5.41) is 18.3. The Hall–Kier alpha value is -1.79. The van der Waals surface area contributed by atoms with E-state index in [1.807, 2.05) is 0 Å². The summed E-state index contributed by atoms with van der Waals surface area (Å²) in [6.45, 7) is 0. The molecule has 0 fully saturated rings. The summed E-state index contributed by atoms with van der Waals surface area (Å²) >= 11 is 0. The number of nitrogens with zero attached hydrogens (tertiary/aromatic N) is 3. The standard InChI is InChI=1S/C9H8BN3O2/c14-10(15)8-2-1-3-13-9(8)7-4-11-6-12-5-7/h1-6,14-15H. The van der Waals surface area contributed by atoms with Crippen LogP contribution in [0, 0.1) is 0 Å². The molecule has 74 valence electrons. The summed E-state index contributed by atoms with van der Waals surface area (Å²) < 4.78 is 0. The van der Waals surface area contributed by atoms with Crippen molar-refractivity contribution in [2.75, 3.05) is 0 Å². The van der Waals surface area contributed by atoms with Crippen LogP contribution in [0.2, 0.25) is 0 Å². The van der Waals surface area contributed by atoms with E-state index >= 15 is 0 Å². The molecule has 0 spiro atoms. The summed E-state index contributed by atoms with van der Waals surface area (Å²) in [5.74, 6) is 0. The van der Waals surface area contributed by atoms with Gasteiger partial charge in [0.2, 0.25) is 0 Å². The van der Waals surface area contributed by atoms with Crippen LogP contribution < -0.4 is 5.46 Å². The van der Waals surface area contributed by atoms with Gasteiger partial charge in [0.25, 0.3) is 0 Å². The van der Waals surface area contributed by atoms with Crippen LogP contribution in [0.15, 0.2) is 37.1 Å². The van der Waals surface area contributed by atoms with E-state index < -0.39 is 7.12 Å². The molecule has 0 aliphatic heterocycles. The molecule has 15 heavy (non-hydrogen) atoms. The Labute approximate surface area is 86.6 Å². The fourth-order valence-electron chi connectivity index (χ4n) is 1.29. The highest BCUT2D eigenvalue weighted by Crippen LogP contribution is 2.11. The van der Waals surface area contributed by atoms with Gasteiger partial charge < -0.3 is 10.0 Å². The van der Waals surface area contributed by atoms with Gasteiger partial charge in [0.15, 0.2) is 0 Å². The SMILES string of the molecule is OB(O)c1cccnc1-c1cncnc1. The molecule has 0 saturated heterocycles. The minimum absolute atomic E-state index is 0.340. The van der Waals surface area contributed by atoms with Crippen molar-refractivity contribution >= 4 is 12.6 Å². The molecule has 2 aromatic heterocycles. The molecule has 0 aliphatic carbocycles. The van der Waals surface area contributed by atoms with Gasteiger partial charge in [0.1, 0.15) is 6.33 Å². The molecule has 0 aromatic carbocycles. The quantitative estimate of drug-likeness (QED) is 0.623. The zero-order valence-electron chi connectivity index (χ0n) is 7.78. The third-order valence-corrected chi connectivity index (χ3v) is 1.95. The smallest absolute Gasteiger partial charge is 0.423 e. The molecular formula is C9H8BN3O2. The fraction of sp³-hybridized carbons (Fsp3) is 0. The van der Waals surface area contributed by atoms with Crippen molar-refractivity contribution in [3.05, 3.63) is 37.1 Å². The second kappa shape index (κ2) is 4.16. The summed E-state index contributed by atoms with van der Waals surface area (Å²) in [7, 11) is -1.55. The van der Waals surface area contributed by atoms with Gasteiger partial charge in [-0.25, -0.2) is 9.97 Å². The van der Waals surface area contributed by atoms with Crippen molar-refractivity contribution in [3.63, 3.8) is 0 Å². The Morgan fingerprint density at radius 1 is 1.13 bits per heavy atom. The molecule has 2 N–H and O–H groups in total. The zero-order valence-corrected chi connectivity index (χ0v) is 7.78. The van der Waals surface area contributed by atoms with Gasteiger partial charge in [-0.05, 0) is 6.07 Å². The van der Waals surface area contributed by atoms with Gasteiger partial charge >= 0.3 is 7.12 Å². The lowest BCUT2D eigenvalue weighted by Crippen LogP contribution is -2.32. The maximum atomic E-state index is 9.14. The molecular weight excluding hydrogens is 193 g/mol. The first-order chi connectivity index (χ1) is 7.29. The summed E-state index contributed by atoms with van der Waals surface area (Å²) in [6, 6.07) is 3.24. The van der Waals surface area contributed by atoms with E-state index in [2.05, 4.69) is 15.0 Å². The number of hydrogen-bond acceptors (Lipinski definition) is 5. The minimum atomic E-state index is -1.55. The van der Waals surface area contributed by atoms with Crippen LogP contribution in [0.3, 0.4) is 0 Å². The Morgan fingerprint density at radius 3 is 2.53 bits per heavy atom. The molecule has 0 atom stereocenters. The molecule has 0 unspecified atom stereocenters.